The highest BCUT2D eigenvalue weighted by atomic mass is 16.5. The maximum absolute atomic E-state index is 12.1. The van der Waals surface area contributed by atoms with Crippen molar-refractivity contribution in [1.82, 2.24) is 5.32 Å². The Bertz CT molecular complexity index is 514. The van der Waals surface area contributed by atoms with Gasteiger partial charge in [0, 0.05) is 24.1 Å². The van der Waals surface area contributed by atoms with E-state index in [1.54, 1.807) is 24.3 Å². The highest BCUT2D eigenvalue weighted by Gasteiger charge is 2.20. The van der Waals surface area contributed by atoms with Crippen molar-refractivity contribution < 1.29 is 14.6 Å². The molecule has 2 atom stereocenters. The zero-order valence-corrected chi connectivity index (χ0v) is 12.8. The highest BCUT2D eigenvalue weighted by molar-refractivity contribution is 5.94. The van der Waals surface area contributed by atoms with Gasteiger partial charge in [0.1, 0.15) is 11.4 Å². The second-order valence-corrected chi connectivity index (χ2v) is 6.38. The molecular weight excluding hydrogens is 266 g/mol. The van der Waals surface area contributed by atoms with Crippen LogP contribution in [0.1, 0.15) is 37.6 Å². The van der Waals surface area contributed by atoms with Crippen LogP contribution in [0.2, 0.25) is 0 Å². The second kappa shape index (κ2) is 6.31. The summed E-state index contributed by atoms with van der Waals surface area (Å²) in [7, 11) is 0. The van der Waals surface area contributed by atoms with Crippen LogP contribution >= 0.6 is 0 Å². The molecule has 1 aromatic rings. The highest BCUT2D eigenvalue weighted by Crippen LogP contribution is 2.20. The van der Waals surface area contributed by atoms with E-state index < -0.39 is 0 Å². The summed E-state index contributed by atoms with van der Waals surface area (Å²) in [6.45, 7) is 6.08. The molecule has 4 nitrogen and oxygen atoms in total. The van der Waals surface area contributed by atoms with E-state index >= 15 is 0 Å². The van der Waals surface area contributed by atoms with Crippen LogP contribution in [0.25, 0.3) is 0 Å². The van der Waals surface area contributed by atoms with Crippen molar-refractivity contribution in [2.24, 2.45) is 5.92 Å². The van der Waals surface area contributed by atoms with E-state index in [0.717, 1.165) is 12.2 Å². The van der Waals surface area contributed by atoms with Crippen molar-refractivity contribution in [3.8, 4) is 5.75 Å². The molecule has 114 valence electrons. The normalized spacial score (nSPS) is 21.3. The summed E-state index contributed by atoms with van der Waals surface area (Å²) in [5, 5.41) is 12.0. The van der Waals surface area contributed by atoms with Crippen molar-refractivity contribution >= 4 is 5.91 Å². The predicted octanol–water partition coefficient (Wildman–Crippen LogP) is 2.53. The van der Waals surface area contributed by atoms with E-state index in [1.807, 2.05) is 32.9 Å². The molecule has 1 aliphatic rings. The van der Waals surface area contributed by atoms with Gasteiger partial charge in [-0.05, 0) is 51.5 Å². The van der Waals surface area contributed by atoms with Crippen LogP contribution in [0.5, 0.6) is 5.75 Å². The Hall–Kier alpha value is -1.81. The maximum Gasteiger partial charge on any atom is 0.251 e. The third kappa shape index (κ3) is 4.60. The van der Waals surface area contributed by atoms with Gasteiger partial charge < -0.3 is 15.2 Å². The number of hydrogen-bond donors (Lipinski definition) is 2. The number of amides is 1. The predicted molar refractivity (Wildman–Crippen MR) is 82.4 cm³/mol. The van der Waals surface area contributed by atoms with Crippen molar-refractivity contribution in [3.63, 3.8) is 0 Å². The molecule has 0 saturated heterocycles. The van der Waals surface area contributed by atoms with Crippen molar-refractivity contribution in [2.45, 2.75) is 38.8 Å². The van der Waals surface area contributed by atoms with E-state index in [0.29, 0.717) is 5.56 Å². The Kier molecular flexibility index (Phi) is 4.68. The fourth-order valence-electron chi connectivity index (χ4n) is 2.30. The third-order valence-electron chi connectivity index (χ3n) is 3.26. The minimum Gasteiger partial charge on any atom is -0.488 e. The van der Waals surface area contributed by atoms with Gasteiger partial charge in [0.15, 0.2) is 0 Å². The Labute approximate surface area is 125 Å². The number of carbonyl (C=O) groups is 1. The number of rotatable bonds is 4. The lowest BCUT2D eigenvalue weighted by molar-refractivity contribution is 0.0941. The molecule has 21 heavy (non-hydrogen) atoms. The van der Waals surface area contributed by atoms with Crippen LogP contribution in [0.4, 0.5) is 0 Å². The smallest absolute Gasteiger partial charge is 0.251 e. The molecule has 0 saturated carbocycles. The first kappa shape index (κ1) is 15.6. The fourth-order valence-corrected chi connectivity index (χ4v) is 2.30. The van der Waals surface area contributed by atoms with Crippen LogP contribution < -0.4 is 10.1 Å². The number of carbonyl (C=O) groups excluding carboxylic acids is 1. The quantitative estimate of drug-likeness (QED) is 0.837. The summed E-state index contributed by atoms with van der Waals surface area (Å²) < 4.78 is 5.73. The van der Waals surface area contributed by atoms with Gasteiger partial charge in [-0.1, -0.05) is 12.2 Å². The van der Waals surface area contributed by atoms with Crippen molar-refractivity contribution in [2.75, 3.05) is 6.61 Å². The molecule has 0 fully saturated rings. The number of benzene rings is 1. The minimum absolute atomic E-state index is 0.000140. The van der Waals surface area contributed by atoms with Crippen LogP contribution in [0, 0.1) is 5.92 Å². The summed E-state index contributed by atoms with van der Waals surface area (Å²) in [6.07, 6.45) is 4.65. The van der Waals surface area contributed by atoms with Crippen molar-refractivity contribution in [1.29, 1.82) is 0 Å². The first-order valence-corrected chi connectivity index (χ1v) is 7.26. The van der Waals surface area contributed by atoms with Gasteiger partial charge in [0.05, 0.1) is 0 Å². The van der Waals surface area contributed by atoms with Crippen LogP contribution in [0.3, 0.4) is 0 Å². The topological polar surface area (TPSA) is 58.6 Å². The van der Waals surface area contributed by atoms with Gasteiger partial charge in [-0.25, -0.2) is 0 Å². The molecule has 2 rings (SSSR count). The molecule has 0 spiro atoms. The van der Waals surface area contributed by atoms with E-state index in [4.69, 9.17) is 9.84 Å². The number of aliphatic hydroxyl groups is 1. The van der Waals surface area contributed by atoms with Gasteiger partial charge in [0.2, 0.25) is 0 Å². The second-order valence-electron chi connectivity index (χ2n) is 6.38. The van der Waals surface area contributed by atoms with Crippen LogP contribution in [-0.2, 0) is 0 Å². The van der Waals surface area contributed by atoms with Gasteiger partial charge in [0.25, 0.3) is 5.91 Å². The van der Waals surface area contributed by atoms with E-state index in [2.05, 4.69) is 5.32 Å². The molecule has 4 heteroatoms. The summed E-state index contributed by atoms with van der Waals surface area (Å²) in [5.74, 6) is 0.795. The summed E-state index contributed by atoms with van der Waals surface area (Å²) in [4.78, 5) is 12.1. The first-order valence-electron chi connectivity index (χ1n) is 7.26. The fraction of sp³-hybridized carbons (Fsp3) is 0.471. The summed E-state index contributed by atoms with van der Waals surface area (Å²) in [6, 6.07) is 7.14. The maximum atomic E-state index is 12.1. The zero-order chi connectivity index (χ0) is 15.5. The molecule has 0 bridgehead atoms. The number of nitrogens with one attached hydrogen (secondary N) is 1. The lowest BCUT2D eigenvalue weighted by Crippen LogP contribution is -2.32. The molecule has 1 aliphatic carbocycles. The van der Waals surface area contributed by atoms with E-state index in [9.17, 15) is 4.79 Å². The van der Waals surface area contributed by atoms with Gasteiger partial charge in [-0.15, -0.1) is 0 Å². The molecule has 0 aromatic heterocycles. The van der Waals surface area contributed by atoms with Gasteiger partial charge >= 0.3 is 0 Å². The largest absolute Gasteiger partial charge is 0.488 e. The molecule has 0 aliphatic heterocycles. The minimum atomic E-state index is -0.252. The van der Waals surface area contributed by atoms with E-state index in [-0.39, 0.29) is 30.1 Å². The summed E-state index contributed by atoms with van der Waals surface area (Å²) >= 11 is 0. The number of aliphatic hydroxyl groups excluding tert-OH is 1. The number of ether oxygens (including phenoxy) is 1. The monoisotopic (exact) mass is 289 g/mol. The molecule has 0 unspecified atom stereocenters. The Morgan fingerprint density at radius 3 is 2.48 bits per heavy atom. The molecule has 0 radical (unpaired) electrons. The molecule has 1 amide bonds. The van der Waals surface area contributed by atoms with Crippen LogP contribution in [0.15, 0.2) is 36.4 Å². The van der Waals surface area contributed by atoms with Gasteiger partial charge in [-0.2, -0.15) is 0 Å². The molecule has 2 N–H and O–H groups in total. The van der Waals surface area contributed by atoms with Crippen molar-refractivity contribution in [3.05, 3.63) is 42.0 Å². The third-order valence-corrected chi connectivity index (χ3v) is 3.26. The lowest BCUT2D eigenvalue weighted by Gasteiger charge is -2.21. The standard InChI is InChI=1S/C17H23NO3/c1-17(2,3)21-15-8-5-13(6-9-15)16(20)18-14-7-4-12(10-14)11-19/h4-9,12,14,19H,10-11H2,1-3H3,(H,18,20)/t12-,14+/m0/s1. The van der Waals surface area contributed by atoms with Gasteiger partial charge in [-0.3, -0.25) is 4.79 Å². The summed E-state index contributed by atoms with van der Waals surface area (Å²) in [5.41, 5.74) is 0.356. The van der Waals surface area contributed by atoms with E-state index in [1.165, 1.54) is 0 Å². The Balaban J connectivity index is 1.93. The van der Waals surface area contributed by atoms with Crippen LogP contribution in [-0.4, -0.2) is 29.3 Å². The Morgan fingerprint density at radius 2 is 1.95 bits per heavy atom. The molecule has 0 heterocycles. The zero-order valence-electron chi connectivity index (χ0n) is 12.8. The first-order chi connectivity index (χ1) is 9.87. The average Bonchev–Trinajstić information content (AvgIpc) is 2.85. The Morgan fingerprint density at radius 1 is 1.29 bits per heavy atom. The molecule has 1 aromatic carbocycles. The lowest BCUT2D eigenvalue weighted by atomic mass is 10.1. The average molecular weight is 289 g/mol. The molecular formula is C17H23NO3. The number of hydrogen-bond acceptors (Lipinski definition) is 3. The SMILES string of the molecule is CC(C)(C)Oc1ccc(C(=O)N[C@@H]2C=C[C@H](CO)C2)cc1.